The summed E-state index contributed by atoms with van der Waals surface area (Å²) in [5, 5.41) is 0. The predicted molar refractivity (Wildman–Crippen MR) is 63.9 cm³/mol. The van der Waals surface area contributed by atoms with Crippen LogP contribution in [0.3, 0.4) is 0 Å². The van der Waals surface area contributed by atoms with Crippen LogP contribution in [0.5, 0.6) is 0 Å². The summed E-state index contributed by atoms with van der Waals surface area (Å²) in [5.41, 5.74) is 3.91. The quantitative estimate of drug-likeness (QED) is 0.613. The summed E-state index contributed by atoms with van der Waals surface area (Å²) in [7, 11) is 11.7. The molecular weight excluding hydrogens is 168 g/mol. The molecule has 0 spiro atoms. The third kappa shape index (κ3) is 1.77. The van der Waals surface area contributed by atoms with Crippen LogP contribution in [0, 0.1) is 6.92 Å². The van der Waals surface area contributed by atoms with Crippen molar-refractivity contribution in [3.05, 3.63) is 23.4 Å². The van der Waals surface area contributed by atoms with Crippen LogP contribution in [0.25, 0.3) is 6.08 Å². The standard InChI is InChI=1S/C11H13B2N/c1-5-8-9(6(2)3)10(12)7(4)11(13)14-8/h5-6H,1H2,2-4H3. The fraction of sp³-hybridized carbons (Fsp3) is 0.364. The number of hydrogen-bond acceptors (Lipinski definition) is 1. The normalized spacial score (nSPS) is 10.6. The lowest BCUT2D eigenvalue weighted by atomic mass is 9.78. The van der Waals surface area contributed by atoms with E-state index in [1.54, 1.807) is 6.08 Å². The van der Waals surface area contributed by atoms with E-state index < -0.39 is 0 Å². The maximum Gasteiger partial charge on any atom is 0.142 e. The van der Waals surface area contributed by atoms with Crippen molar-refractivity contribution >= 4 is 32.8 Å². The van der Waals surface area contributed by atoms with Gasteiger partial charge < -0.3 is 0 Å². The van der Waals surface area contributed by atoms with Crippen molar-refractivity contribution in [1.29, 1.82) is 0 Å². The lowest BCUT2D eigenvalue weighted by Gasteiger charge is -2.17. The topological polar surface area (TPSA) is 12.9 Å². The van der Waals surface area contributed by atoms with Gasteiger partial charge in [0.2, 0.25) is 0 Å². The first-order valence-corrected chi connectivity index (χ1v) is 4.66. The number of aromatic nitrogens is 1. The van der Waals surface area contributed by atoms with Gasteiger partial charge in [-0.3, -0.25) is 4.98 Å². The molecule has 1 aromatic heterocycles. The Morgan fingerprint density at radius 1 is 1.36 bits per heavy atom. The average molecular weight is 181 g/mol. The number of hydrogen-bond donors (Lipinski definition) is 0. The molecule has 4 radical (unpaired) electrons. The van der Waals surface area contributed by atoms with E-state index in [0.717, 1.165) is 22.3 Å². The molecule has 0 aliphatic carbocycles. The van der Waals surface area contributed by atoms with Gasteiger partial charge in [-0.05, 0) is 35.6 Å². The minimum absolute atomic E-state index is 0.329. The van der Waals surface area contributed by atoms with Crippen molar-refractivity contribution in [3.63, 3.8) is 0 Å². The van der Waals surface area contributed by atoms with E-state index >= 15 is 0 Å². The highest BCUT2D eigenvalue weighted by Gasteiger charge is 2.12. The Hall–Kier alpha value is -0.980. The molecule has 3 heteroatoms. The van der Waals surface area contributed by atoms with Crippen LogP contribution in [-0.4, -0.2) is 20.7 Å². The van der Waals surface area contributed by atoms with Crippen LogP contribution in [0.15, 0.2) is 6.58 Å². The highest BCUT2D eigenvalue weighted by molar-refractivity contribution is 6.39. The van der Waals surface area contributed by atoms with Crippen molar-refractivity contribution in [2.24, 2.45) is 0 Å². The Bertz CT molecular complexity index is 370. The monoisotopic (exact) mass is 181 g/mol. The second-order valence-corrected chi connectivity index (χ2v) is 3.69. The van der Waals surface area contributed by atoms with Crippen LogP contribution < -0.4 is 11.1 Å². The molecule has 14 heavy (non-hydrogen) atoms. The molecule has 1 aromatic rings. The zero-order valence-corrected chi connectivity index (χ0v) is 8.96. The maximum absolute atomic E-state index is 5.99. The fourth-order valence-electron chi connectivity index (χ4n) is 1.51. The Morgan fingerprint density at radius 2 is 1.93 bits per heavy atom. The molecular formula is C11H13B2N. The summed E-state index contributed by atoms with van der Waals surface area (Å²) in [5.74, 6) is 0.329. The smallest absolute Gasteiger partial charge is 0.142 e. The molecule has 0 aliphatic heterocycles. The molecule has 0 saturated carbocycles. The minimum atomic E-state index is 0.329. The van der Waals surface area contributed by atoms with E-state index in [-0.39, 0.29) is 0 Å². The van der Waals surface area contributed by atoms with Crippen LogP contribution in [0.2, 0.25) is 0 Å². The highest BCUT2D eigenvalue weighted by atomic mass is 14.7. The summed E-state index contributed by atoms with van der Waals surface area (Å²) in [4.78, 5) is 4.25. The molecule has 0 unspecified atom stereocenters. The number of rotatable bonds is 2. The van der Waals surface area contributed by atoms with Gasteiger partial charge >= 0.3 is 0 Å². The Labute approximate surface area is 88.5 Å². The first-order chi connectivity index (χ1) is 6.49. The molecule has 0 atom stereocenters. The fourth-order valence-corrected chi connectivity index (χ4v) is 1.51. The van der Waals surface area contributed by atoms with Crippen molar-refractivity contribution in [2.45, 2.75) is 26.7 Å². The summed E-state index contributed by atoms with van der Waals surface area (Å²) in [6.45, 7) is 9.76. The van der Waals surface area contributed by atoms with Gasteiger partial charge in [0.05, 0.1) is 5.69 Å². The van der Waals surface area contributed by atoms with E-state index in [1.165, 1.54) is 0 Å². The maximum atomic E-state index is 5.99. The first kappa shape index (κ1) is 11.1. The molecule has 1 nitrogen and oxygen atoms in total. The largest absolute Gasteiger partial charge is 0.265 e. The zero-order chi connectivity index (χ0) is 10.9. The van der Waals surface area contributed by atoms with E-state index in [4.69, 9.17) is 15.7 Å². The first-order valence-electron chi connectivity index (χ1n) is 4.66. The molecule has 0 amide bonds. The van der Waals surface area contributed by atoms with E-state index in [9.17, 15) is 0 Å². The van der Waals surface area contributed by atoms with Crippen LogP contribution >= 0.6 is 0 Å². The lowest BCUT2D eigenvalue weighted by molar-refractivity contribution is 0.861. The van der Waals surface area contributed by atoms with Crippen molar-refractivity contribution in [2.75, 3.05) is 0 Å². The van der Waals surface area contributed by atoms with Crippen molar-refractivity contribution in [3.8, 4) is 0 Å². The summed E-state index contributed by atoms with van der Waals surface area (Å²) < 4.78 is 0. The SMILES string of the molecule is [B]c1nc(C=C)c(C(C)C)c([B])c1C. The Morgan fingerprint density at radius 3 is 2.36 bits per heavy atom. The summed E-state index contributed by atoms with van der Waals surface area (Å²) in [6.07, 6.45) is 1.70. The van der Waals surface area contributed by atoms with Crippen LogP contribution in [-0.2, 0) is 0 Å². The van der Waals surface area contributed by atoms with Crippen molar-refractivity contribution in [1.82, 2.24) is 4.98 Å². The van der Waals surface area contributed by atoms with Gasteiger partial charge in [0.25, 0.3) is 0 Å². The summed E-state index contributed by atoms with van der Waals surface area (Å²) >= 11 is 0. The Kier molecular flexibility index (Phi) is 3.20. The second kappa shape index (κ2) is 4.03. The van der Waals surface area contributed by atoms with Gasteiger partial charge in [0.1, 0.15) is 15.7 Å². The molecule has 0 bridgehead atoms. The van der Waals surface area contributed by atoms with Gasteiger partial charge in [0.15, 0.2) is 0 Å². The van der Waals surface area contributed by atoms with Gasteiger partial charge in [-0.2, -0.15) is 0 Å². The van der Waals surface area contributed by atoms with Gasteiger partial charge in [-0.25, -0.2) is 0 Å². The molecule has 0 N–H and O–H groups in total. The molecule has 0 fully saturated rings. The van der Waals surface area contributed by atoms with E-state index in [2.05, 4.69) is 25.4 Å². The predicted octanol–water partition coefficient (Wildman–Crippen LogP) is 0.744. The second-order valence-electron chi connectivity index (χ2n) is 3.69. The average Bonchev–Trinajstić information content (AvgIpc) is 2.12. The molecule has 0 aromatic carbocycles. The molecule has 1 heterocycles. The highest BCUT2D eigenvalue weighted by Crippen LogP contribution is 2.16. The number of nitrogens with zero attached hydrogens (tertiary/aromatic N) is 1. The number of pyridine rings is 1. The summed E-state index contributed by atoms with van der Waals surface area (Å²) in [6, 6.07) is 0. The lowest BCUT2D eigenvalue weighted by Crippen LogP contribution is -2.29. The van der Waals surface area contributed by atoms with Crippen molar-refractivity contribution < 1.29 is 0 Å². The van der Waals surface area contributed by atoms with E-state index in [1.807, 2.05) is 6.92 Å². The minimum Gasteiger partial charge on any atom is -0.265 e. The Balaban J connectivity index is 3.52. The van der Waals surface area contributed by atoms with Gasteiger partial charge in [-0.1, -0.05) is 25.9 Å². The molecule has 1 rings (SSSR count). The molecule has 0 saturated heterocycles. The third-order valence-corrected chi connectivity index (χ3v) is 2.37. The zero-order valence-electron chi connectivity index (χ0n) is 8.96. The molecule has 0 aliphatic rings. The van der Waals surface area contributed by atoms with Gasteiger partial charge in [-0.15, -0.1) is 0 Å². The van der Waals surface area contributed by atoms with E-state index in [0.29, 0.717) is 11.5 Å². The van der Waals surface area contributed by atoms with Gasteiger partial charge in [0, 0.05) is 0 Å². The van der Waals surface area contributed by atoms with Crippen LogP contribution in [0.1, 0.15) is 36.6 Å². The molecule has 68 valence electrons. The van der Waals surface area contributed by atoms with Crippen LogP contribution in [0.4, 0.5) is 0 Å². The third-order valence-electron chi connectivity index (χ3n) is 2.37.